The van der Waals surface area contributed by atoms with Crippen LogP contribution in [0.4, 0.5) is 8.78 Å². The van der Waals surface area contributed by atoms with Gasteiger partial charge in [0, 0.05) is 29.4 Å². The smallest absolute Gasteiger partial charge is 0.335 e. The normalized spacial score (nSPS) is 13.8. The maximum Gasteiger partial charge on any atom is 0.335 e. The number of rotatable bonds is 10. The summed E-state index contributed by atoms with van der Waals surface area (Å²) in [6.45, 7) is 10.4. The molecule has 6 rings (SSSR count). The molecule has 0 spiro atoms. The molecule has 1 aliphatic heterocycles. The van der Waals surface area contributed by atoms with Crippen LogP contribution < -0.4 is 0 Å². The van der Waals surface area contributed by atoms with Crippen molar-refractivity contribution in [3.8, 4) is 22.5 Å². The number of aromatic carboxylic acids is 1. The van der Waals surface area contributed by atoms with E-state index < -0.39 is 17.6 Å². The van der Waals surface area contributed by atoms with Gasteiger partial charge in [0.1, 0.15) is 6.54 Å². The van der Waals surface area contributed by atoms with Crippen molar-refractivity contribution in [2.24, 2.45) is 0 Å². The predicted molar refractivity (Wildman–Crippen MR) is 186 cm³/mol. The molecule has 5 aromatic rings. The third-order valence-corrected chi connectivity index (χ3v) is 8.99. The number of halogens is 2. The van der Waals surface area contributed by atoms with Crippen LogP contribution in [0, 0.1) is 11.6 Å². The van der Waals surface area contributed by atoms with Crippen LogP contribution in [0.3, 0.4) is 0 Å². The number of carbonyl (C=O) groups excluding carboxylic acids is 1. The molecular weight excluding hydrogens is 612 g/mol. The molecule has 1 amide bonds. The summed E-state index contributed by atoms with van der Waals surface area (Å²) in [6.07, 6.45) is 3.94. The van der Waals surface area contributed by atoms with E-state index in [0.717, 1.165) is 65.4 Å². The number of carboxylic acids is 1. The Hall–Kier alpha value is -4.63. The number of hydrogen-bond acceptors (Lipinski definition) is 4. The molecule has 3 aromatic carbocycles. The van der Waals surface area contributed by atoms with Gasteiger partial charge in [-0.05, 0) is 78.4 Å². The summed E-state index contributed by atoms with van der Waals surface area (Å²) < 4.78 is 35.0. The lowest BCUT2D eigenvalue weighted by atomic mass is 9.87. The fourth-order valence-electron chi connectivity index (χ4n) is 6.54. The number of carbonyl (C=O) groups is 2. The molecule has 2 aromatic heterocycles. The first-order valence-electron chi connectivity index (χ1n) is 16.9. The second-order valence-corrected chi connectivity index (χ2v) is 11.9. The van der Waals surface area contributed by atoms with Crippen molar-refractivity contribution < 1.29 is 28.2 Å². The van der Waals surface area contributed by atoms with Crippen molar-refractivity contribution in [2.75, 3.05) is 26.3 Å². The molecule has 0 saturated carbocycles. The molecule has 7 nitrogen and oxygen atoms in total. The van der Waals surface area contributed by atoms with Gasteiger partial charge in [-0.3, -0.25) is 4.79 Å². The Morgan fingerprint density at radius 3 is 2.35 bits per heavy atom. The van der Waals surface area contributed by atoms with Gasteiger partial charge in [0.25, 0.3) is 0 Å². The molecule has 0 radical (unpaired) electrons. The van der Waals surface area contributed by atoms with E-state index in [-0.39, 0.29) is 23.9 Å². The standard InChI is InChI=1S/C37H37F2N3O4.C2H6/c1-3-5-6-23(4-2)35-28-11-7-27(37(44)45)21-33(28)42(22-34(43)41-15-17-46-18-16-41)36(35)26-10-14-31-24(19-26)9-13-32(40-31)25-8-12-29(38)30(39)20-25;1-2/h7-14,19-21,23H,3-6,15-18,22H2,1-2H3,(H,44,45);1-2H3. The van der Waals surface area contributed by atoms with E-state index >= 15 is 0 Å². The summed E-state index contributed by atoms with van der Waals surface area (Å²) in [4.78, 5) is 32.4. The summed E-state index contributed by atoms with van der Waals surface area (Å²) in [5.74, 6) is -2.72. The second kappa shape index (κ2) is 15.5. The van der Waals surface area contributed by atoms with Gasteiger partial charge in [-0.2, -0.15) is 0 Å². The molecule has 1 N–H and O–H groups in total. The fraction of sp³-hybridized carbons (Fsp3) is 0.359. The Bertz CT molecular complexity index is 1930. The first kappa shape index (κ1) is 34.7. The van der Waals surface area contributed by atoms with Crippen molar-refractivity contribution in [1.29, 1.82) is 0 Å². The van der Waals surface area contributed by atoms with Gasteiger partial charge in [0.15, 0.2) is 11.6 Å². The first-order valence-corrected chi connectivity index (χ1v) is 16.9. The lowest BCUT2D eigenvalue weighted by Crippen LogP contribution is -2.42. The van der Waals surface area contributed by atoms with Crippen molar-refractivity contribution >= 4 is 33.7 Å². The third-order valence-electron chi connectivity index (χ3n) is 8.99. The zero-order chi connectivity index (χ0) is 34.4. The number of carboxylic acid groups (broad SMARTS) is 1. The van der Waals surface area contributed by atoms with Crippen LogP contribution in [-0.2, 0) is 16.1 Å². The van der Waals surface area contributed by atoms with Crippen LogP contribution >= 0.6 is 0 Å². The second-order valence-electron chi connectivity index (χ2n) is 11.9. The summed E-state index contributed by atoms with van der Waals surface area (Å²) in [6, 6.07) is 18.6. The number of nitrogens with zero attached hydrogens (tertiary/aromatic N) is 3. The van der Waals surface area contributed by atoms with Crippen molar-refractivity contribution in [3.05, 3.63) is 89.5 Å². The van der Waals surface area contributed by atoms with E-state index in [4.69, 9.17) is 9.72 Å². The third kappa shape index (κ3) is 7.11. The summed E-state index contributed by atoms with van der Waals surface area (Å²) >= 11 is 0. The Balaban J connectivity index is 0.00000221. The van der Waals surface area contributed by atoms with E-state index in [9.17, 15) is 23.5 Å². The number of fused-ring (bicyclic) bond motifs is 2. The van der Waals surface area contributed by atoms with Gasteiger partial charge in [-0.25, -0.2) is 18.6 Å². The molecule has 1 aliphatic rings. The van der Waals surface area contributed by atoms with Crippen LogP contribution in [0.5, 0.6) is 0 Å². The lowest BCUT2D eigenvalue weighted by Gasteiger charge is -2.27. The van der Waals surface area contributed by atoms with Crippen LogP contribution in [0.1, 0.15) is 75.2 Å². The molecular formula is C39H43F2N3O4. The molecule has 0 bridgehead atoms. The van der Waals surface area contributed by atoms with Gasteiger partial charge in [0.2, 0.25) is 5.91 Å². The Labute approximate surface area is 280 Å². The number of benzene rings is 3. The highest BCUT2D eigenvalue weighted by molar-refractivity contribution is 6.00. The average Bonchev–Trinajstić information content (AvgIpc) is 3.43. The number of pyridine rings is 1. The monoisotopic (exact) mass is 655 g/mol. The number of unbranched alkanes of at least 4 members (excludes halogenated alkanes) is 1. The Morgan fingerprint density at radius 2 is 1.67 bits per heavy atom. The van der Waals surface area contributed by atoms with E-state index in [1.165, 1.54) is 6.07 Å². The minimum atomic E-state index is -1.02. The van der Waals surface area contributed by atoms with Crippen LogP contribution in [0.15, 0.2) is 66.7 Å². The number of amides is 1. The van der Waals surface area contributed by atoms with Gasteiger partial charge in [-0.15, -0.1) is 0 Å². The molecule has 9 heteroatoms. The first-order chi connectivity index (χ1) is 23.3. The SMILES string of the molecule is CC.CCCCC(CC)c1c(-c2ccc3nc(-c4ccc(F)c(F)c4)ccc3c2)n(CC(=O)N2CCOCC2)c2cc(C(=O)O)ccc12. The zero-order valence-electron chi connectivity index (χ0n) is 28.1. The molecule has 1 saturated heterocycles. The van der Waals surface area contributed by atoms with E-state index in [1.54, 1.807) is 23.1 Å². The topological polar surface area (TPSA) is 84.7 Å². The predicted octanol–water partition coefficient (Wildman–Crippen LogP) is 9.07. The quantitative estimate of drug-likeness (QED) is 0.162. The number of ether oxygens (including phenoxy) is 1. The van der Waals surface area contributed by atoms with E-state index in [0.29, 0.717) is 48.6 Å². The molecule has 3 heterocycles. The largest absolute Gasteiger partial charge is 0.478 e. The molecule has 0 aliphatic carbocycles. The fourth-order valence-corrected chi connectivity index (χ4v) is 6.54. The van der Waals surface area contributed by atoms with Crippen molar-refractivity contribution in [1.82, 2.24) is 14.5 Å². The number of aromatic nitrogens is 2. The van der Waals surface area contributed by atoms with Crippen molar-refractivity contribution in [2.45, 2.75) is 65.8 Å². The Morgan fingerprint density at radius 1 is 0.917 bits per heavy atom. The Kier molecular flexibility index (Phi) is 11.2. The summed E-state index contributed by atoms with van der Waals surface area (Å²) in [5.41, 5.74) is 5.47. The van der Waals surface area contributed by atoms with Gasteiger partial charge in [-0.1, -0.05) is 58.7 Å². The summed E-state index contributed by atoms with van der Waals surface area (Å²) in [5, 5.41) is 11.7. The zero-order valence-corrected chi connectivity index (χ0v) is 28.1. The molecule has 1 unspecified atom stereocenters. The maximum absolute atomic E-state index is 14.0. The minimum absolute atomic E-state index is 0.0473. The van der Waals surface area contributed by atoms with Gasteiger partial charge in [0.05, 0.1) is 41.2 Å². The molecule has 1 atom stereocenters. The van der Waals surface area contributed by atoms with Crippen molar-refractivity contribution in [3.63, 3.8) is 0 Å². The van der Waals surface area contributed by atoms with E-state index in [1.807, 2.05) is 48.7 Å². The minimum Gasteiger partial charge on any atom is -0.478 e. The molecule has 48 heavy (non-hydrogen) atoms. The average molecular weight is 656 g/mol. The highest BCUT2D eigenvalue weighted by atomic mass is 19.2. The van der Waals surface area contributed by atoms with Crippen LogP contribution in [0.25, 0.3) is 44.3 Å². The number of morpholine rings is 1. The lowest BCUT2D eigenvalue weighted by molar-refractivity contribution is -0.135. The van der Waals surface area contributed by atoms with Crippen LogP contribution in [0.2, 0.25) is 0 Å². The van der Waals surface area contributed by atoms with Gasteiger partial charge < -0.3 is 19.3 Å². The van der Waals surface area contributed by atoms with Crippen LogP contribution in [-0.4, -0.2) is 57.7 Å². The maximum atomic E-state index is 14.0. The van der Waals surface area contributed by atoms with E-state index in [2.05, 4.69) is 13.8 Å². The highest BCUT2D eigenvalue weighted by Crippen LogP contribution is 2.43. The molecule has 252 valence electrons. The number of hydrogen-bond donors (Lipinski definition) is 1. The van der Waals surface area contributed by atoms with Gasteiger partial charge >= 0.3 is 5.97 Å². The summed E-state index contributed by atoms with van der Waals surface area (Å²) in [7, 11) is 0. The highest BCUT2D eigenvalue weighted by Gasteiger charge is 2.27. The molecule has 1 fully saturated rings.